The molecule has 0 spiro atoms. The molecule has 3 aromatic rings. The van der Waals surface area contributed by atoms with Gasteiger partial charge in [0.25, 0.3) is 5.56 Å². The number of aromatic nitrogens is 4. The van der Waals surface area contributed by atoms with Crippen LogP contribution < -0.4 is 15.8 Å². The van der Waals surface area contributed by atoms with Gasteiger partial charge in [0.2, 0.25) is 11.9 Å². The highest BCUT2D eigenvalue weighted by Gasteiger charge is 2.28. The number of amides is 1. The van der Waals surface area contributed by atoms with Crippen LogP contribution in [0.3, 0.4) is 0 Å². The number of anilines is 1. The first-order valence-electron chi connectivity index (χ1n) is 12.2. The first-order chi connectivity index (χ1) is 16.7. The van der Waals surface area contributed by atoms with E-state index in [1.807, 2.05) is 34.9 Å². The standard InChI is InChI=1S/C25H31N7O2/c33-23(26-13-4-14-30-15-17-31(18-16-30)25-27-11-3-12-28-25)10-9-22-29-21-6-2-1-5-20(21)24(34)32(22)19-7-8-19/h1-3,5-6,11-12,19H,4,7-10,13-18H2,(H,26,33). The van der Waals surface area contributed by atoms with Crippen LogP contribution in [0, 0.1) is 0 Å². The number of carbonyl (C=O) groups excluding carboxylic acids is 1. The molecule has 0 bridgehead atoms. The van der Waals surface area contributed by atoms with E-state index in [0.717, 1.165) is 63.8 Å². The molecule has 1 aliphatic heterocycles. The van der Waals surface area contributed by atoms with E-state index in [0.29, 0.717) is 30.3 Å². The van der Waals surface area contributed by atoms with Gasteiger partial charge in [-0.3, -0.25) is 19.1 Å². The number of piperazine rings is 1. The molecule has 2 fully saturated rings. The highest BCUT2D eigenvalue weighted by Crippen LogP contribution is 2.34. The molecule has 9 nitrogen and oxygen atoms in total. The van der Waals surface area contributed by atoms with Crippen molar-refractivity contribution < 1.29 is 4.79 Å². The van der Waals surface area contributed by atoms with Gasteiger partial charge in [-0.05, 0) is 44.0 Å². The Bertz CT molecular complexity index is 1180. The second-order valence-electron chi connectivity index (χ2n) is 9.03. The molecule has 2 aliphatic rings. The van der Waals surface area contributed by atoms with Crippen molar-refractivity contribution in [1.29, 1.82) is 0 Å². The Hall–Kier alpha value is -3.33. The summed E-state index contributed by atoms with van der Waals surface area (Å²) in [5.74, 6) is 1.53. The number of benzene rings is 1. The lowest BCUT2D eigenvalue weighted by Gasteiger charge is -2.34. The Morgan fingerprint density at radius 1 is 1.03 bits per heavy atom. The zero-order chi connectivity index (χ0) is 23.3. The fraction of sp³-hybridized carbons (Fsp3) is 0.480. The number of hydrogen-bond donors (Lipinski definition) is 1. The van der Waals surface area contributed by atoms with Crippen molar-refractivity contribution in [3.8, 4) is 0 Å². The van der Waals surface area contributed by atoms with Crippen LogP contribution in [0.5, 0.6) is 0 Å². The number of hydrogen-bond acceptors (Lipinski definition) is 7. The van der Waals surface area contributed by atoms with E-state index in [4.69, 9.17) is 4.98 Å². The second kappa shape index (κ2) is 10.3. The van der Waals surface area contributed by atoms with Gasteiger partial charge in [-0.25, -0.2) is 15.0 Å². The minimum atomic E-state index is 0.0100. The smallest absolute Gasteiger partial charge is 0.261 e. The maximum Gasteiger partial charge on any atom is 0.261 e. The molecular weight excluding hydrogens is 430 g/mol. The number of fused-ring (bicyclic) bond motifs is 1. The van der Waals surface area contributed by atoms with E-state index in [1.54, 1.807) is 12.4 Å². The third-order valence-corrected chi connectivity index (χ3v) is 6.55. The van der Waals surface area contributed by atoms with E-state index in [-0.39, 0.29) is 17.5 Å². The van der Waals surface area contributed by atoms with Crippen LogP contribution in [0.2, 0.25) is 0 Å². The summed E-state index contributed by atoms with van der Waals surface area (Å²) >= 11 is 0. The normalized spacial score (nSPS) is 16.6. The van der Waals surface area contributed by atoms with Crippen molar-refractivity contribution in [3.05, 3.63) is 58.9 Å². The summed E-state index contributed by atoms with van der Waals surface area (Å²) in [6.07, 6.45) is 7.29. The van der Waals surface area contributed by atoms with Crippen molar-refractivity contribution in [2.75, 3.05) is 44.2 Å². The number of aryl methyl sites for hydroxylation is 1. The summed E-state index contributed by atoms with van der Waals surface area (Å²) in [5, 5.41) is 3.68. The van der Waals surface area contributed by atoms with Crippen LogP contribution in [0.1, 0.15) is 37.5 Å². The molecular formula is C25H31N7O2. The van der Waals surface area contributed by atoms with Crippen LogP contribution in [0.15, 0.2) is 47.5 Å². The molecule has 1 amide bonds. The SMILES string of the molecule is O=C(CCc1nc2ccccc2c(=O)n1C1CC1)NCCCN1CCN(c2ncccn2)CC1. The van der Waals surface area contributed by atoms with E-state index < -0.39 is 0 Å². The monoisotopic (exact) mass is 461 g/mol. The molecule has 9 heteroatoms. The van der Waals surface area contributed by atoms with Gasteiger partial charge in [0.1, 0.15) is 5.82 Å². The van der Waals surface area contributed by atoms with E-state index in [9.17, 15) is 9.59 Å². The summed E-state index contributed by atoms with van der Waals surface area (Å²) in [7, 11) is 0. The topological polar surface area (TPSA) is 96.2 Å². The number of nitrogens with zero attached hydrogens (tertiary/aromatic N) is 6. The first-order valence-corrected chi connectivity index (χ1v) is 12.2. The maximum atomic E-state index is 12.9. The van der Waals surface area contributed by atoms with Gasteiger partial charge in [-0.15, -0.1) is 0 Å². The van der Waals surface area contributed by atoms with Crippen LogP contribution in [-0.4, -0.2) is 69.6 Å². The van der Waals surface area contributed by atoms with Gasteiger partial charge < -0.3 is 10.2 Å². The molecule has 0 atom stereocenters. The minimum absolute atomic E-state index is 0.0100. The predicted molar refractivity (Wildman–Crippen MR) is 131 cm³/mol. The molecule has 0 radical (unpaired) electrons. The molecule has 1 aromatic carbocycles. The molecule has 5 rings (SSSR count). The van der Waals surface area contributed by atoms with Crippen LogP contribution >= 0.6 is 0 Å². The summed E-state index contributed by atoms with van der Waals surface area (Å²) in [5.41, 5.74) is 0.723. The summed E-state index contributed by atoms with van der Waals surface area (Å²) in [4.78, 5) is 43.4. The molecule has 178 valence electrons. The predicted octanol–water partition coefficient (Wildman–Crippen LogP) is 1.78. The Labute approximate surface area is 198 Å². The Morgan fingerprint density at radius 3 is 2.56 bits per heavy atom. The van der Waals surface area contributed by atoms with E-state index >= 15 is 0 Å². The van der Waals surface area contributed by atoms with Gasteiger partial charge >= 0.3 is 0 Å². The zero-order valence-electron chi connectivity index (χ0n) is 19.4. The Balaban J connectivity index is 1.06. The summed E-state index contributed by atoms with van der Waals surface area (Å²) in [6, 6.07) is 9.52. The average Bonchev–Trinajstić information content (AvgIpc) is 3.71. The van der Waals surface area contributed by atoms with Gasteiger partial charge in [-0.2, -0.15) is 0 Å². The summed E-state index contributed by atoms with van der Waals surface area (Å²) < 4.78 is 1.82. The van der Waals surface area contributed by atoms with Gasteiger partial charge in [-0.1, -0.05) is 12.1 Å². The molecule has 34 heavy (non-hydrogen) atoms. The fourth-order valence-corrected chi connectivity index (χ4v) is 4.55. The van der Waals surface area contributed by atoms with Crippen molar-refractivity contribution >= 4 is 22.8 Å². The second-order valence-corrected chi connectivity index (χ2v) is 9.03. The third kappa shape index (κ3) is 5.25. The van der Waals surface area contributed by atoms with Crippen molar-refractivity contribution in [2.45, 2.75) is 38.1 Å². The highest BCUT2D eigenvalue weighted by atomic mass is 16.1. The van der Waals surface area contributed by atoms with Crippen molar-refractivity contribution in [3.63, 3.8) is 0 Å². The van der Waals surface area contributed by atoms with Gasteiger partial charge in [0.15, 0.2) is 0 Å². The number of rotatable bonds is 9. The first kappa shape index (κ1) is 22.5. The van der Waals surface area contributed by atoms with Gasteiger partial charge in [0.05, 0.1) is 10.9 Å². The third-order valence-electron chi connectivity index (χ3n) is 6.55. The quantitative estimate of drug-likeness (QED) is 0.485. The van der Waals surface area contributed by atoms with E-state index in [1.165, 1.54) is 0 Å². The molecule has 1 N–H and O–H groups in total. The minimum Gasteiger partial charge on any atom is -0.356 e. The lowest BCUT2D eigenvalue weighted by molar-refractivity contribution is -0.121. The van der Waals surface area contributed by atoms with Crippen LogP contribution in [0.4, 0.5) is 5.95 Å². The molecule has 0 unspecified atom stereocenters. The molecule has 1 aliphatic carbocycles. The zero-order valence-corrected chi connectivity index (χ0v) is 19.4. The lowest BCUT2D eigenvalue weighted by Crippen LogP contribution is -2.47. The highest BCUT2D eigenvalue weighted by molar-refractivity contribution is 5.78. The van der Waals surface area contributed by atoms with Gasteiger partial charge in [0, 0.05) is 64.0 Å². The maximum absolute atomic E-state index is 12.9. The number of nitrogens with one attached hydrogen (secondary N) is 1. The Kier molecular flexibility index (Phi) is 6.80. The lowest BCUT2D eigenvalue weighted by atomic mass is 10.2. The van der Waals surface area contributed by atoms with E-state index in [2.05, 4.69) is 25.1 Å². The number of para-hydroxylation sites is 1. The average molecular weight is 462 g/mol. The largest absolute Gasteiger partial charge is 0.356 e. The number of carbonyl (C=O) groups is 1. The molecule has 2 aromatic heterocycles. The van der Waals surface area contributed by atoms with Crippen molar-refractivity contribution in [1.82, 2.24) is 29.7 Å². The molecule has 3 heterocycles. The molecule has 1 saturated heterocycles. The van der Waals surface area contributed by atoms with Crippen molar-refractivity contribution in [2.24, 2.45) is 0 Å². The van der Waals surface area contributed by atoms with Crippen LogP contribution in [0.25, 0.3) is 10.9 Å². The van der Waals surface area contributed by atoms with Crippen LogP contribution in [-0.2, 0) is 11.2 Å². The molecule has 1 saturated carbocycles. The fourth-order valence-electron chi connectivity index (χ4n) is 4.55. The summed E-state index contributed by atoms with van der Waals surface area (Å²) in [6.45, 7) is 5.38. The Morgan fingerprint density at radius 2 is 1.79 bits per heavy atom.